The molecule has 2 heteroatoms. The van der Waals surface area contributed by atoms with Crippen LogP contribution in [-0.2, 0) is 4.74 Å². The van der Waals surface area contributed by atoms with Gasteiger partial charge in [-0.05, 0) is 38.0 Å². The predicted octanol–water partition coefficient (Wildman–Crippen LogP) is 3.60. The zero-order chi connectivity index (χ0) is 10.2. The van der Waals surface area contributed by atoms with Crippen molar-refractivity contribution in [3.05, 3.63) is 0 Å². The minimum absolute atomic E-state index is 0.288. The van der Waals surface area contributed by atoms with Crippen molar-refractivity contribution in [1.82, 2.24) is 0 Å². The molecule has 0 aromatic heterocycles. The summed E-state index contributed by atoms with van der Waals surface area (Å²) in [5.41, 5.74) is 0.288. The summed E-state index contributed by atoms with van der Waals surface area (Å²) in [6.07, 6.45) is 6.58. The van der Waals surface area contributed by atoms with Crippen LogP contribution in [0.5, 0.6) is 0 Å². The van der Waals surface area contributed by atoms with E-state index in [9.17, 15) is 0 Å². The van der Waals surface area contributed by atoms with Gasteiger partial charge < -0.3 is 4.74 Å². The van der Waals surface area contributed by atoms with Crippen molar-refractivity contribution in [3.63, 3.8) is 0 Å². The average molecular weight is 217 g/mol. The van der Waals surface area contributed by atoms with Crippen molar-refractivity contribution in [2.45, 2.75) is 57.4 Å². The fourth-order valence-electron chi connectivity index (χ4n) is 2.62. The largest absolute Gasteiger partial charge is 0.377 e. The topological polar surface area (TPSA) is 9.23 Å². The summed E-state index contributed by atoms with van der Waals surface area (Å²) >= 11 is 6.32. The summed E-state index contributed by atoms with van der Waals surface area (Å²) in [7, 11) is 0. The molecule has 0 bridgehead atoms. The van der Waals surface area contributed by atoms with Crippen LogP contribution >= 0.6 is 11.6 Å². The minimum atomic E-state index is 0.288. The highest BCUT2D eigenvalue weighted by Crippen LogP contribution is 2.52. The highest BCUT2D eigenvalue weighted by Gasteiger charge is 2.52. The second-order valence-electron chi connectivity index (χ2n) is 4.91. The molecule has 0 aliphatic heterocycles. The van der Waals surface area contributed by atoms with Crippen molar-refractivity contribution in [2.75, 3.05) is 6.61 Å². The third kappa shape index (κ3) is 1.69. The molecule has 0 amide bonds. The summed E-state index contributed by atoms with van der Waals surface area (Å²) in [5, 5.41) is 0.349. The number of hydrogen-bond acceptors (Lipinski definition) is 1. The van der Waals surface area contributed by atoms with Gasteiger partial charge in [0.1, 0.15) is 0 Å². The van der Waals surface area contributed by atoms with Crippen LogP contribution < -0.4 is 0 Å². The van der Waals surface area contributed by atoms with Crippen molar-refractivity contribution in [1.29, 1.82) is 0 Å². The maximum Gasteiger partial charge on any atom is 0.0659 e. The molecule has 14 heavy (non-hydrogen) atoms. The van der Waals surface area contributed by atoms with Crippen molar-refractivity contribution in [2.24, 2.45) is 11.3 Å². The molecule has 2 rings (SSSR count). The van der Waals surface area contributed by atoms with E-state index in [-0.39, 0.29) is 5.41 Å². The van der Waals surface area contributed by atoms with Gasteiger partial charge in [-0.1, -0.05) is 13.8 Å². The molecule has 2 saturated carbocycles. The summed E-state index contributed by atoms with van der Waals surface area (Å²) in [6, 6.07) is 0. The Kier molecular flexibility index (Phi) is 3.09. The van der Waals surface area contributed by atoms with Crippen LogP contribution in [0.2, 0.25) is 0 Å². The maximum atomic E-state index is 6.32. The lowest BCUT2D eigenvalue weighted by molar-refractivity contribution is -0.114. The van der Waals surface area contributed by atoms with Crippen LogP contribution in [0, 0.1) is 11.3 Å². The first-order chi connectivity index (χ1) is 6.73. The summed E-state index contributed by atoms with van der Waals surface area (Å²) in [5.74, 6) is 0.871. The maximum absolute atomic E-state index is 6.32. The molecular weight excluding hydrogens is 196 g/mol. The molecule has 2 aliphatic rings. The number of hydrogen-bond donors (Lipinski definition) is 0. The van der Waals surface area contributed by atoms with Crippen LogP contribution in [0.1, 0.15) is 46.0 Å². The highest BCUT2D eigenvalue weighted by molar-refractivity contribution is 6.21. The Bertz CT molecular complexity index is 196. The van der Waals surface area contributed by atoms with Gasteiger partial charge >= 0.3 is 0 Å². The Balaban J connectivity index is 1.85. The summed E-state index contributed by atoms with van der Waals surface area (Å²) < 4.78 is 5.99. The molecule has 2 atom stereocenters. The first-order valence-corrected chi connectivity index (χ1v) is 6.42. The Labute approximate surface area is 92.2 Å². The van der Waals surface area contributed by atoms with E-state index in [2.05, 4.69) is 13.8 Å². The Morgan fingerprint density at radius 1 is 1.29 bits per heavy atom. The number of halogens is 1. The fraction of sp³-hybridized carbons (Fsp3) is 1.00. The monoisotopic (exact) mass is 216 g/mol. The number of ether oxygens (including phenoxy) is 1. The molecule has 0 aromatic carbocycles. The highest BCUT2D eigenvalue weighted by atomic mass is 35.5. The molecule has 0 aromatic rings. The Morgan fingerprint density at radius 3 is 2.36 bits per heavy atom. The molecule has 2 unspecified atom stereocenters. The molecular formula is C12H21ClO. The number of rotatable bonds is 5. The van der Waals surface area contributed by atoms with E-state index in [4.69, 9.17) is 16.3 Å². The average Bonchev–Trinajstić information content (AvgIpc) is 2.98. The second-order valence-corrected chi connectivity index (χ2v) is 5.44. The van der Waals surface area contributed by atoms with E-state index in [0.717, 1.165) is 31.8 Å². The Morgan fingerprint density at radius 2 is 1.93 bits per heavy atom. The smallest absolute Gasteiger partial charge is 0.0659 e. The zero-order valence-electron chi connectivity index (χ0n) is 9.26. The van der Waals surface area contributed by atoms with Crippen LogP contribution in [0.4, 0.5) is 0 Å². The quantitative estimate of drug-likeness (QED) is 0.639. The molecule has 0 heterocycles. The van der Waals surface area contributed by atoms with Gasteiger partial charge in [0.2, 0.25) is 0 Å². The van der Waals surface area contributed by atoms with Crippen molar-refractivity contribution in [3.8, 4) is 0 Å². The first kappa shape index (κ1) is 10.8. The molecule has 0 radical (unpaired) electrons. The van der Waals surface area contributed by atoms with Gasteiger partial charge in [-0.25, -0.2) is 0 Å². The van der Waals surface area contributed by atoms with Gasteiger partial charge in [0.25, 0.3) is 0 Å². The molecule has 0 spiro atoms. The third-order valence-electron chi connectivity index (χ3n) is 4.23. The second kappa shape index (κ2) is 4.02. The van der Waals surface area contributed by atoms with Crippen LogP contribution in [-0.4, -0.2) is 18.1 Å². The van der Waals surface area contributed by atoms with Gasteiger partial charge in [0, 0.05) is 17.4 Å². The van der Waals surface area contributed by atoms with E-state index >= 15 is 0 Å². The standard InChI is InChI=1S/C12H21ClO/c1-3-12(4-2)10(13)7-11(12)14-8-9-5-6-9/h9-11H,3-8H2,1-2H3. The number of alkyl halides is 1. The van der Waals surface area contributed by atoms with E-state index in [0.29, 0.717) is 11.5 Å². The van der Waals surface area contributed by atoms with Crippen molar-refractivity contribution < 1.29 is 4.74 Å². The molecule has 2 aliphatic carbocycles. The summed E-state index contributed by atoms with van der Waals surface area (Å²) in [4.78, 5) is 0. The van der Waals surface area contributed by atoms with Crippen molar-refractivity contribution >= 4 is 11.6 Å². The van der Waals surface area contributed by atoms with Gasteiger partial charge in [0.15, 0.2) is 0 Å². The van der Waals surface area contributed by atoms with Crippen LogP contribution in [0.3, 0.4) is 0 Å². The van der Waals surface area contributed by atoms with Gasteiger partial charge in [-0.2, -0.15) is 0 Å². The molecule has 82 valence electrons. The van der Waals surface area contributed by atoms with E-state index in [1.807, 2.05) is 0 Å². The normalized spacial score (nSPS) is 35.4. The summed E-state index contributed by atoms with van der Waals surface area (Å²) in [6.45, 7) is 5.47. The van der Waals surface area contributed by atoms with Gasteiger partial charge in [0.05, 0.1) is 6.10 Å². The zero-order valence-corrected chi connectivity index (χ0v) is 10.0. The van der Waals surface area contributed by atoms with Gasteiger partial charge in [-0.15, -0.1) is 11.6 Å². The van der Waals surface area contributed by atoms with Crippen LogP contribution in [0.25, 0.3) is 0 Å². The minimum Gasteiger partial charge on any atom is -0.377 e. The van der Waals surface area contributed by atoms with E-state index in [1.165, 1.54) is 12.8 Å². The lowest BCUT2D eigenvalue weighted by Gasteiger charge is -2.52. The predicted molar refractivity (Wildman–Crippen MR) is 59.7 cm³/mol. The van der Waals surface area contributed by atoms with E-state index in [1.54, 1.807) is 0 Å². The molecule has 0 N–H and O–H groups in total. The lowest BCUT2D eigenvalue weighted by atomic mass is 9.62. The first-order valence-electron chi connectivity index (χ1n) is 5.98. The fourth-order valence-corrected chi connectivity index (χ4v) is 3.23. The Hall–Kier alpha value is 0.250. The SMILES string of the molecule is CCC1(CC)C(Cl)CC1OCC1CC1. The molecule has 1 nitrogen and oxygen atoms in total. The lowest BCUT2D eigenvalue weighted by Crippen LogP contribution is -2.55. The molecule has 0 saturated heterocycles. The van der Waals surface area contributed by atoms with E-state index < -0.39 is 0 Å². The van der Waals surface area contributed by atoms with Crippen LogP contribution in [0.15, 0.2) is 0 Å². The third-order valence-corrected chi connectivity index (χ3v) is 4.85. The molecule has 2 fully saturated rings. The van der Waals surface area contributed by atoms with Gasteiger partial charge in [-0.3, -0.25) is 0 Å².